The maximum atomic E-state index is 6.55. The third-order valence-corrected chi connectivity index (χ3v) is 9.45. The summed E-state index contributed by atoms with van der Waals surface area (Å²) >= 11 is 0. The van der Waals surface area contributed by atoms with Gasteiger partial charge in [-0.2, -0.15) is 0 Å². The fourth-order valence-corrected chi connectivity index (χ4v) is 6.96. The van der Waals surface area contributed by atoms with Gasteiger partial charge in [0.2, 0.25) is 5.71 Å². The first-order chi connectivity index (χ1) is 16.9. The van der Waals surface area contributed by atoms with Crippen LogP contribution in [0.2, 0.25) is 0 Å². The van der Waals surface area contributed by atoms with Crippen LogP contribution in [0.25, 0.3) is 33.3 Å². The first kappa shape index (κ1) is 22.8. The summed E-state index contributed by atoms with van der Waals surface area (Å²) in [7, 11) is 0. The van der Waals surface area contributed by atoms with Gasteiger partial charge in [-0.1, -0.05) is 52.5 Å². The number of furan rings is 1. The average Bonchev–Trinajstić information content (AvgIpc) is 3.64. The molecule has 0 bridgehead atoms. The molecular formula is C32H38N2O. The van der Waals surface area contributed by atoms with Crippen molar-refractivity contribution >= 4 is 22.1 Å². The summed E-state index contributed by atoms with van der Waals surface area (Å²) in [6, 6.07) is 13.4. The van der Waals surface area contributed by atoms with Crippen molar-refractivity contribution in [1.29, 1.82) is 0 Å². The zero-order chi connectivity index (χ0) is 24.2. The summed E-state index contributed by atoms with van der Waals surface area (Å²) in [6.45, 7) is 9.32. The van der Waals surface area contributed by atoms with Gasteiger partial charge in [-0.05, 0) is 91.3 Å². The van der Waals surface area contributed by atoms with Crippen molar-refractivity contribution in [2.24, 2.45) is 11.8 Å². The van der Waals surface area contributed by atoms with Crippen molar-refractivity contribution in [3.05, 3.63) is 59.4 Å². The summed E-state index contributed by atoms with van der Waals surface area (Å²) in [5, 5.41) is 2.29. The lowest BCUT2D eigenvalue weighted by atomic mass is 9.72. The Hall–Kier alpha value is -2.68. The highest BCUT2D eigenvalue weighted by molar-refractivity contribution is 6.10. The quantitative estimate of drug-likeness (QED) is 0.294. The van der Waals surface area contributed by atoms with E-state index in [1.165, 1.54) is 73.6 Å². The Morgan fingerprint density at radius 1 is 0.943 bits per heavy atom. The lowest BCUT2D eigenvalue weighted by Crippen LogP contribution is -2.26. The molecule has 0 saturated heterocycles. The highest BCUT2D eigenvalue weighted by Gasteiger charge is 2.33. The Morgan fingerprint density at radius 2 is 1.69 bits per heavy atom. The van der Waals surface area contributed by atoms with E-state index in [0.717, 1.165) is 39.8 Å². The van der Waals surface area contributed by atoms with Crippen LogP contribution in [-0.4, -0.2) is 9.97 Å². The van der Waals surface area contributed by atoms with Gasteiger partial charge in [0.25, 0.3) is 0 Å². The standard InChI is InChI=1S/C32H38N2O/c1-20-13-14-25(28-19-24(17-18-33-28)32(3,4)23-11-7-8-12-23)30-29(20)26-15-16-27(34-31(26)35-30)21(2)22-9-5-6-10-22/h13-19,21-23H,5-12H2,1-4H3. The van der Waals surface area contributed by atoms with E-state index in [1.54, 1.807) is 0 Å². The molecule has 3 aromatic heterocycles. The highest BCUT2D eigenvalue weighted by atomic mass is 16.3. The summed E-state index contributed by atoms with van der Waals surface area (Å²) in [5.74, 6) is 1.97. The van der Waals surface area contributed by atoms with Crippen molar-refractivity contribution < 1.29 is 4.42 Å². The molecule has 2 aliphatic rings. The second-order valence-corrected chi connectivity index (χ2v) is 11.8. The molecule has 6 rings (SSSR count). The zero-order valence-corrected chi connectivity index (χ0v) is 21.7. The minimum atomic E-state index is 0.152. The molecule has 35 heavy (non-hydrogen) atoms. The minimum absolute atomic E-state index is 0.152. The number of benzene rings is 1. The van der Waals surface area contributed by atoms with Crippen molar-refractivity contribution in [2.75, 3.05) is 0 Å². The molecular weight excluding hydrogens is 428 g/mol. The smallest absolute Gasteiger partial charge is 0.227 e. The lowest BCUT2D eigenvalue weighted by Gasteiger charge is -2.32. The van der Waals surface area contributed by atoms with Gasteiger partial charge in [0.1, 0.15) is 5.58 Å². The Balaban J connectivity index is 1.44. The lowest BCUT2D eigenvalue weighted by molar-refractivity contribution is 0.325. The molecule has 1 aromatic carbocycles. The fraction of sp³-hybridized carbons (Fsp3) is 0.500. The molecule has 2 saturated carbocycles. The molecule has 0 N–H and O–H groups in total. The Labute approximate surface area is 209 Å². The Kier molecular flexibility index (Phi) is 5.70. The van der Waals surface area contributed by atoms with Gasteiger partial charge in [0.15, 0.2) is 0 Å². The summed E-state index contributed by atoms with van der Waals surface area (Å²) in [6.07, 6.45) is 12.7. The molecule has 4 aromatic rings. The molecule has 2 fully saturated rings. The predicted molar refractivity (Wildman–Crippen MR) is 145 cm³/mol. The van der Waals surface area contributed by atoms with Crippen LogP contribution in [0.15, 0.2) is 47.0 Å². The third kappa shape index (κ3) is 3.88. The monoisotopic (exact) mass is 466 g/mol. The van der Waals surface area contributed by atoms with Crippen molar-refractivity contribution in [3.63, 3.8) is 0 Å². The largest absolute Gasteiger partial charge is 0.437 e. The summed E-state index contributed by atoms with van der Waals surface area (Å²) < 4.78 is 6.55. The molecule has 3 heterocycles. The molecule has 3 nitrogen and oxygen atoms in total. The second-order valence-electron chi connectivity index (χ2n) is 11.8. The Morgan fingerprint density at radius 3 is 2.46 bits per heavy atom. The normalized spacial score (nSPS) is 18.7. The van der Waals surface area contributed by atoms with Crippen LogP contribution in [0.3, 0.4) is 0 Å². The number of aromatic nitrogens is 2. The van der Waals surface area contributed by atoms with Crippen molar-refractivity contribution in [3.8, 4) is 11.3 Å². The number of hydrogen-bond donors (Lipinski definition) is 0. The van der Waals surface area contributed by atoms with Gasteiger partial charge in [0.05, 0.1) is 5.69 Å². The van der Waals surface area contributed by atoms with E-state index >= 15 is 0 Å². The van der Waals surface area contributed by atoms with Gasteiger partial charge >= 0.3 is 0 Å². The maximum Gasteiger partial charge on any atom is 0.227 e. The van der Waals surface area contributed by atoms with Gasteiger partial charge in [0, 0.05) is 34.1 Å². The van der Waals surface area contributed by atoms with Gasteiger partial charge in [-0.15, -0.1) is 0 Å². The first-order valence-corrected chi connectivity index (χ1v) is 13.7. The van der Waals surface area contributed by atoms with E-state index < -0.39 is 0 Å². The second kappa shape index (κ2) is 8.76. The van der Waals surface area contributed by atoms with Gasteiger partial charge < -0.3 is 4.42 Å². The van der Waals surface area contributed by atoms with Crippen LogP contribution in [-0.2, 0) is 5.41 Å². The van der Waals surface area contributed by atoms with E-state index in [0.29, 0.717) is 5.92 Å². The number of fused-ring (bicyclic) bond motifs is 3. The van der Waals surface area contributed by atoms with E-state index in [-0.39, 0.29) is 5.41 Å². The van der Waals surface area contributed by atoms with Crippen LogP contribution >= 0.6 is 0 Å². The Bertz CT molecular complexity index is 1370. The van der Waals surface area contributed by atoms with Gasteiger partial charge in [-0.3, -0.25) is 4.98 Å². The molecule has 0 amide bonds. The van der Waals surface area contributed by atoms with Crippen molar-refractivity contribution in [2.45, 2.75) is 90.4 Å². The van der Waals surface area contributed by atoms with Gasteiger partial charge in [-0.25, -0.2) is 4.98 Å². The SMILES string of the molecule is Cc1ccc(-c2cc(C(C)(C)C3CCCC3)ccn2)c2oc3nc(C(C)C4CCCC4)ccc3c12. The number of aryl methyl sites for hydroxylation is 1. The number of hydrogen-bond acceptors (Lipinski definition) is 3. The molecule has 182 valence electrons. The maximum absolute atomic E-state index is 6.55. The summed E-state index contributed by atoms with van der Waals surface area (Å²) in [5.41, 5.74) is 7.67. The van der Waals surface area contributed by atoms with E-state index in [4.69, 9.17) is 14.4 Å². The van der Waals surface area contributed by atoms with E-state index in [9.17, 15) is 0 Å². The zero-order valence-electron chi connectivity index (χ0n) is 21.7. The minimum Gasteiger partial charge on any atom is -0.437 e. The molecule has 0 spiro atoms. The predicted octanol–water partition coefficient (Wildman–Crippen LogP) is 9.11. The number of pyridine rings is 2. The molecule has 1 unspecified atom stereocenters. The molecule has 3 heteroatoms. The van der Waals surface area contributed by atoms with E-state index in [1.807, 2.05) is 6.20 Å². The van der Waals surface area contributed by atoms with Crippen LogP contribution in [0, 0.1) is 18.8 Å². The number of rotatable bonds is 5. The summed E-state index contributed by atoms with van der Waals surface area (Å²) in [4.78, 5) is 9.87. The van der Waals surface area contributed by atoms with Crippen LogP contribution in [0.4, 0.5) is 0 Å². The van der Waals surface area contributed by atoms with Crippen LogP contribution in [0.1, 0.15) is 94.9 Å². The molecule has 1 atom stereocenters. The van der Waals surface area contributed by atoms with Crippen LogP contribution in [0.5, 0.6) is 0 Å². The van der Waals surface area contributed by atoms with E-state index in [2.05, 4.69) is 64.1 Å². The highest BCUT2D eigenvalue weighted by Crippen LogP contribution is 2.44. The third-order valence-electron chi connectivity index (χ3n) is 9.45. The van der Waals surface area contributed by atoms with Crippen molar-refractivity contribution in [1.82, 2.24) is 9.97 Å². The van der Waals surface area contributed by atoms with Crippen LogP contribution < -0.4 is 0 Å². The first-order valence-electron chi connectivity index (χ1n) is 13.7. The average molecular weight is 467 g/mol. The number of nitrogens with zero attached hydrogens (tertiary/aromatic N) is 2. The molecule has 0 radical (unpaired) electrons. The fourth-order valence-electron chi connectivity index (χ4n) is 6.96. The molecule has 0 aliphatic heterocycles. The topological polar surface area (TPSA) is 38.9 Å². The molecule has 2 aliphatic carbocycles.